The summed E-state index contributed by atoms with van der Waals surface area (Å²) in [6.45, 7) is 3.23. The van der Waals surface area contributed by atoms with Crippen molar-refractivity contribution in [2.75, 3.05) is 41.0 Å². The van der Waals surface area contributed by atoms with E-state index in [1.807, 2.05) is 18.2 Å². The monoisotopic (exact) mass is 463 g/mol. The summed E-state index contributed by atoms with van der Waals surface area (Å²) in [5, 5.41) is 6.59. The Bertz CT molecular complexity index is 536. The Balaban J connectivity index is 0.00000312. The molecule has 7 heteroatoms. The highest BCUT2D eigenvalue weighted by atomic mass is 127. The minimum absolute atomic E-state index is 0. The number of hydrogen-bond donors (Lipinski definition) is 2. The van der Waals surface area contributed by atoms with E-state index < -0.39 is 0 Å². The first-order chi connectivity index (χ1) is 11.8. The number of halogens is 1. The fourth-order valence-electron chi connectivity index (χ4n) is 2.31. The van der Waals surface area contributed by atoms with Gasteiger partial charge in [-0.2, -0.15) is 0 Å². The van der Waals surface area contributed by atoms with Crippen LogP contribution in [0.15, 0.2) is 23.2 Å². The number of rotatable bonds is 10. The van der Waals surface area contributed by atoms with Gasteiger partial charge < -0.3 is 24.8 Å². The van der Waals surface area contributed by atoms with Crippen LogP contribution >= 0.6 is 24.0 Å². The number of nitrogens with one attached hydrogen (secondary N) is 2. The van der Waals surface area contributed by atoms with Gasteiger partial charge in [0.1, 0.15) is 0 Å². The van der Waals surface area contributed by atoms with Crippen LogP contribution in [0.5, 0.6) is 11.5 Å². The highest BCUT2D eigenvalue weighted by Gasteiger charge is 2.20. The summed E-state index contributed by atoms with van der Waals surface area (Å²) < 4.78 is 16.2. The van der Waals surface area contributed by atoms with Crippen LogP contribution < -0.4 is 20.1 Å². The smallest absolute Gasteiger partial charge is 0.191 e. The molecule has 0 atom stereocenters. The van der Waals surface area contributed by atoms with Gasteiger partial charge in [0.05, 0.1) is 14.2 Å². The maximum absolute atomic E-state index is 5.62. The molecule has 25 heavy (non-hydrogen) atoms. The van der Waals surface area contributed by atoms with E-state index in [1.54, 1.807) is 21.3 Å². The molecule has 1 fully saturated rings. The third kappa shape index (κ3) is 8.13. The number of methoxy groups -OCH3 is 2. The molecule has 2 rings (SSSR count). The van der Waals surface area contributed by atoms with Crippen molar-refractivity contribution in [3.8, 4) is 11.5 Å². The van der Waals surface area contributed by atoms with Crippen molar-refractivity contribution in [3.63, 3.8) is 0 Å². The SMILES string of the molecule is CN=C(NCCCOCC1CC1)NCc1ccc(OC)c(OC)c1.I. The lowest BCUT2D eigenvalue weighted by molar-refractivity contribution is 0.123. The Hall–Kier alpha value is -1.22. The summed E-state index contributed by atoms with van der Waals surface area (Å²) in [5.74, 6) is 3.07. The molecule has 0 spiro atoms. The summed E-state index contributed by atoms with van der Waals surface area (Å²) in [6, 6.07) is 5.88. The highest BCUT2D eigenvalue weighted by Crippen LogP contribution is 2.28. The van der Waals surface area contributed by atoms with Crippen molar-refractivity contribution in [2.45, 2.75) is 25.8 Å². The summed E-state index contributed by atoms with van der Waals surface area (Å²) in [5.41, 5.74) is 1.10. The van der Waals surface area contributed by atoms with E-state index in [1.165, 1.54) is 12.8 Å². The van der Waals surface area contributed by atoms with E-state index in [9.17, 15) is 0 Å². The zero-order valence-electron chi connectivity index (χ0n) is 15.3. The van der Waals surface area contributed by atoms with Gasteiger partial charge in [-0.05, 0) is 42.9 Å². The van der Waals surface area contributed by atoms with Crippen molar-refractivity contribution >= 4 is 29.9 Å². The van der Waals surface area contributed by atoms with Gasteiger partial charge in [-0.15, -0.1) is 24.0 Å². The van der Waals surface area contributed by atoms with E-state index in [2.05, 4.69) is 15.6 Å². The molecule has 0 aliphatic heterocycles. The van der Waals surface area contributed by atoms with E-state index in [-0.39, 0.29) is 24.0 Å². The van der Waals surface area contributed by atoms with E-state index >= 15 is 0 Å². The largest absolute Gasteiger partial charge is 0.493 e. The standard InChI is InChI=1S/C18H29N3O3.HI/c1-19-18(20-9-4-10-24-13-14-5-6-14)21-12-15-7-8-16(22-2)17(11-15)23-3;/h7-8,11,14H,4-6,9-10,12-13H2,1-3H3,(H2,19,20,21);1H. The second-order valence-electron chi connectivity index (χ2n) is 5.91. The van der Waals surface area contributed by atoms with Gasteiger partial charge in [-0.25, -0.2) is 0 Å². The van der Waals surface area contributed by atoms with E-state index in [0.29, 0.717) is 6.54 Å². The van der Waals surface area contributed by atoms with Crippen molar-refractivity contribution < 1.29 is 14.2 Å². The molecule has 1 aromatic rings. The van der Waals surface area contributed by atoms with Crippen LogP contribution in [0.4, 0.5) is 0 Å². The van der Waals surface area contributed by atoms with Crippen LogP contribution in [-0.2, 0) is 11.3 Å². The van der Waals surface area contributed by atoms with Crippen molar-refractivity contribution in [1.29, 1.82) is 0 Å². The molecule has 0 amide bonds. The zero-order valence-corrected chi connectivity index (χ0v) is 17.7. The minimum Gasteiger partial charge on any atom is -0.493 e. The van der Waals surface area contributed by atoms with Gasteiger partial charge >= 0.3 is 0 Å². The predicted octanol–water partition coefficient (Wildman–Crippen LogP) is 2.80. The molecular weight excluding hydrogens is 433 g/mol. The van der Waals surface area contributed by atoms with Crippen LogP contribution in [0.3, 0.4) is 0 Å². The number of benzene rings is 1. The maximum Gasteiger partial charge on any atom is 0.191 e. The van der Waals surface area contributed by atoms with Gasteiger partial charge in [0.25, 0.3) is 0 Å². The third-order valence-electron chi connectivity index (χ3n) is 3.94. The Morgan fingerprint density at radius 2 is 1.92 bits per heavy atom. The molecule has 1 aliphatic carbocycles. The fraction of sp³-hybridized carbons (Fsp3) is 0.611. The van der Waals surface area contributed by atoms with Crippen LogP contribution in [0.1, 0.15) is 24.8 Å². The Labute approximate surface area is 167 Å². The average Bonchev–Trinajstić information content (AvgIpc) is 3.44. The molecule has 2 N–H and O–H groups in total. The topological polar surface area (TPSA) is 64.1 Å². The molecule has 6 nitrogen and oxygen atoms in total. The van der Waals surface area contributed by atoms with Gasteiger partial charge in [0.15, 0.2) is 17.5 Å². The molecule has 0 saturated heterocycles. The first-order valence-electron chi connectivity index (χ1n) is 8.50. The van der Waals surface area contributed by atoms with Crippen molar-refractivity contribution in [1.82, 2.24) is 10.6 Å². The third-order valence-corrected chi connectivity index (χ3v) is 3.94. The molecule has 0 bridgehead atoms. The van der Waals surface area contributed by atoms with E-state index in [0.717, 1.165) is 55.1 Å². The normalized spacial score (nSPS) is 13.8. The Morgan fingerprint density at radius 3 is 2.56 bits per heavy atom. The quantitative estimate of drug-likeness (QED) is 0.242. The summed E-state index contributed by atoms with van der Waals surface area (Å²) in [4.78, 5) is 4.23. The predicted molar refractivity (Wildman–Crippen MR) is 111 cm³/mol. The van der Waals surface area contributed by atoms with Gasteiger partial charge in [-0.1, -0.05) is 6.07 Å². The number of aliphatic imine (C=N–C) groups is 1. The molecule has 0 heterocycles. The molecule has 142 valence electrons. The molecule has 0 aromatic heterocycles. The second-order valence-corrected chi connectivity index (χ2v) is 5.91. The number of ether oxygens (including phenoxy) is 3. The first kappa shape index (κ1) is 21.8. The van der Waals surface area contributed by atoms with Gasteiger partial charge in [-0.3, -0.25) is 4.99 Å². The molecule has 0 unspecified atom stereocenters. The van der Waals surface area contributed by atoms with Crippen LogP contribution in [0, 0.1) is 5.92 Å². The number of hydrogen-bond acceptors (Lipinski definition) is 4. The highest BCUT2D eigenvalue weighted by molar-refractivity contribution is 14.0. The van der Waals surface area contributed by atoms with Crippen molar-refractivity contribution in [3.05, 3.63) is 23.8 Å². The summed E-state index contributed by atoms with van der Waals surface area (Å²) in [7, 11) is 5.05. The van der Waals surface area contributed by atoms with Crippen LogP contribution in [0.2, 0.25) is 0 Å². The lowest BCUT2D eigenvalue weighted by Crippen LogP contribution is -2.37. The van der Waals surface area contributed by atoms with Gasteiger partial charge in [0.2, 0.25) is 0 Å². The molecule has 1 saturated carbocycles. The molecule has 1 aromatic carbocycles. The van der Waals surface area contributed by atoms with E-state index in [4.69, 9.17) is 14.2 Å². The van der Waals surface area contributed by atoms with Gasteiger partial charge in [0, 0.05) is 33.4 Å². The number of nitrogens with zero attached hydrogens (tertiary/aromatic N) is 1. The summed E-state index contributed by atoms with van der Waals surface area (Å²) in [6.07, 6.45) is 3.65. The number of guanidine groups is 1. The Morgan fingerprint density at radius 1 is 1.16 bits per heavy atom. The lowest BCUT2D eigenvalue weighted by Gasteiger charge is -2.13. The average molecular weight is 463 g/mol. The lowest BCUT2D eigenvalue weighted by atomic mass is 10.2. The zero-order chi connectivity index (χ0) is 17.2. The molecule has 0 radical (unpaired) electrons. The van der Waals surface area contributed by atoms with Crippen molar-refractivity contribution in [2.24, 2.45) is 10.9 Å². The molecular formula is C18H30IN3O3. The maximum atomic E-state index is 5.62. The summed E-state index contributed by atoms with van der Waals surface area (Å²) >= 11 is 0. The van der Waals surface area contributed by atoms with Crippen LogP contribution in [0.25, 0.3) is 0 Å². The Kier molecular flexibility index (Phi) is 10.6. The fourth-order valence-corrected chi connectivity index (χ4v) is 2.31. The molecule has 1 aliphatic rings. The second kappa shape index (κ2) is 12.2. The first-order valence-corrected chi connectivity index (χ1v) is 8.50. The van der Waals surface area contributed by atoms with Crippen LogP contribution in [-0.4, -0.2) is 47.0 Å². The minimum atomic E-state index is 0.